The number of benzene rings is 1. The Labute approximate surface area is 175 Å². The molecule has 2 amide bonds. The van der Waals surface area contributed by atoms with Gasteiger partial charge in [0.05, 0.1) is 12.6 Å². The molecule has 156 valence electrons. The third-order valence-electron chi connectivity index (χ3n) is 5.20. The number of hydrogen-bond acceptors (Lipinski definition) is 4. The summed E-state index contributed by atoms with van der Waals surface area (Å²) in [7, 11) is 1.48. The largest absolute Gasteiger partial charge is 0.375 e. The van der Waals surface area contributed by atoms with E-state index in [0.717, 1.165) is 30.4 Å². The van der Waals surface area contributed by atoms with Crippen molar-refractivity contribution in [3.63, 3.8) is 0 Å². The predicted molar refractivity (Wildman–Crippen MR) is 111 cm³/mol. The zero-order chi connectivity index (χ0) is 20.8. The number of hydrogen-bond donors (Lipinski definition) is 0. The predicted octanol–water partition coefficient (Wildman–Crippen LogP) is 3.64. The number of nitrogens with zero attached hydrogens (tertiary/aromatic N) is 2. The van der Waals surface area contributed by atoms with Gasteiger partial charge in [0.15, 0.2) is 0 Å². The van der Waals surface area contributed by atoms with E-state index in [9.17, 15) is 14.0 Å². The van der Waals surface area contributed by atoms with Crippen LogP contribution in [0.15, 0.2) is 35.7 Å². The maximum atomic E-state index is 13.5. The topological polar surface area (TPSA) is 49.9 Å². The first kappa shape index (κ1) is 21.5. The highest BCUT2D eigenvalue weighted by molar-refractivity contribution is 7.10. The van der Waals surface area contributed by atoms with E-state index in [1.54, 1.807) is 28.4 Å². The lowest BCUT2D eigenvalue weighted by molar-refractivity contribution is -0.143. The Hall–Kier alpha value is -2.25. The highest BCUT2D eigenvalue weighted by atomic mass is 32.1. The van der Waals surface area contributed by atoms with Gasteiger partial charge >= 0.3 is 0 Å². The second kappa shape index (κ2) is 9.98. The molecule has 0 saturated heterocycles. The van der Waals surface area contributed by atoms with E-state index >= 15 is 0 Å². The molecule has 5 nitrogen and oxygen atoms in total. The number of carbonyl (C=O) groups is 2. The molecule has 29 heavy (non-hydrogen) atoms. The third kappa shape index (κ3) is 5.03. The minimum Gasteiger partial charge on any atom is -0.375 e. The van der Waals surface area contributed by atoms with Gasteiger partial charge in [-0.2, -0.15) is 0 Å². The van der Waals surface area contributed by atoms with E-state index in [1.165, 1.54) is 24.1 Å². The van der Waals surface area contributed by atoms with Crippen molar-refractivity contribution in [3.05, 3.63) is 57.5 Å². The normalized spacial score (nSPS) is 15.8. The standard InChI is InChI=1S/C22H27FN2O3S/c1-3-4-11-24(21(27)15-28-2)14-20(26)25-12-9-19-18(10-13-29-19)22(25)16-5-7-17(23)8-6-16/h5-8,10,13,22H,3-4,9,11-12,14-15H2,1-2H3. The van der Waals surface area contributed by atoms with Crippen molar-refractivity contribution in [2.75, 3.05) is 33.4 Å². The van der Waals surface area contributed by atoms with E-state index in [2.05, 4.69) is 0 Å². The Morgan fingerprint density at radius 1 is 1.28 bits per heavy atom. The van der Waals surface area contributed by atoms with Gasteiger partial charge < -0.3 is 14.5 Å². The van der Waals surface area contributed by atoms with Crippen LogP contribution >= 0.6 is 11.3 Å². The summed E-state index contributed by atoms with van der Waals surface area (Å²) < 4.78 is 18.4. The Bertz CT molecular complexity index is 837. The van der Waals surface area contributed by atoms with Crippen molar-refractivity contribution in [2.24, 2.45) is 0 Å². The Morgan fingerprint density at radius 2 is 2.03 bits per heavy atom. The van der Waals surface area contributed by atoms with Crippen molar-refractivity contribution in [1.82, 2.24) is 9.80 Å². The summed E-state index contributed by atoms with van der Waals surface area (Å²) >= 11 is 1.68. The van der Waals surface area contributed by atoms with Crippen LogP contribution in [0, 0.1) is 5.82 Å². The summed E-state index contributed by atoms with van der Waals surface area (Å²) in [5.74, 6) is -0.582. The molecule has 1 unspecified atom stereocenters. The molecule has 1 atom stereocenters. The van der Waals surface area contributed by atoms with Crippen LogP contribution in [0.4, 0.5) is 4.39 Å². The van der Waals surface area contributed by atoms with Crippen molar-refractivity contribution in [1.29, 1.82) is 0 Å². The van der Waals surface area contributed by atoms with Crippen molar-refractivity contribution in [3.8, 4) is 0 Å². The number of rotatable bonds is 8. The summed E-state index contributed by atoms with van der Waals surface area (Å²) in [6.45, 7) is 3.15. The molecule has 2 aromatic rings. The first-order valence-corrected chi connectivity index (χ1v) is 10.8. The Balaban J connectivity index is 1.85. The number of carbonyl (C=O) groups excluding carboxylic acids is 2. The first-order chi connectivity index (χ1) is 14.0. The van der Waals surface area contributed by atoms with E-state index in [-0.39, 0.29) is 36.8 Å². The second-order valence-corrected chi connectivity index (χ2v) is 8.19. The van der Waals surface area contributed by atoms with Crippen LogP contribution in [0.2, 0.25) is 0 Å². The molecule has 0 N–H and O–H groups in total. The van der Waals surface area contributed by atoms with E-state index < -0.39 is 0 Å². The van der Waals surface area contributed by atoms with Crippen LogP contribution in [0.3, 0.4) is 0 Å². The van der Waals surface area contributed by atoms with Crippen molar-refractivity contribution < 1.29 is 18.7 Å². The Morgan fingerprint density at radius 3 is 2.72 bits per heavy atom. The van der Waals surface area contributed by atoms with E-state index in [0.29, 0.717) is 13.1 Å². The number of amides is 2. The zero-order valence-electron chi connectivity index (χ0n) is 16.9. The molecule has 3 rings (SSSR count). The lowest BCUT2D eigenvalue weighted by atomic mass is 9.93. The minimum absolute atomic E-state index is 0.0271. The van der Waals surface area contributed by atoms with Gasteiger partial charge in [-0.05, 0) is 47.5 Å². The van der Waals surface area contributed by atoms with Crippen LogP contribution in [0.5, 0.6) is 0 Å². The highest BCUT2D eigenvalue weighted by Gasteiger charge is 2.33. The maximum absolute atomic E-state index is 13.5. The van der Waals surface area contributed by atoms with Gasteiger partial charge in [-0.3, -0.25) is 9.59 Å². The first-order valence-electron chi connectivity index (χ1n) is 9.93. The van der Waals surface area contributed by atoms with Crippen LogP contribution in [0.1, 0.15) is 41.8 Å². The number of methoxy groups -OCH3 is 1. The average Bonchev–Trinajstić information content (AvgIpc) is 3.20. The van der Waals surface area contributed by atoms with Gasteiger partial charge in [0.25, 0.3) is 0 Å². The molecule has 0 aliphatic carbocycles. The van der Waals surface area contributed by atoms with Crippen LogP contribution in [0.25, 0.3) is 0 Å². The summed E-state index contributed by atoms with van der Waals surface area (Å²) in [5, 5.41) is 2.03. The summed E-state index contributed by atoms with van der Waals surface area (Å²) in [5.41, 5.74) is 1.96. The molecule has 7 heteroatoms. The molecule has 0 spiro atoms. The molecule has 2 heterocycles. The van der Waals surface area contributed by atoms with Crippen LogP contribution in [-0.2, 0) is 20.7 Å². The number of thiophene rings is 1. The lowest BCUT2D eigenvalue weighted by Gasteiger charge is -2.37. The smallest absolute Gasteiger partial charge is 0.249 e. The number of halogens is 1. The quantitative estimate of drug-likeness (QED) is 0.658. The maximum Gasteiger partial charge on any atom is 0.249 e. The van der Waals surface area contributed by atoms with Crippen LogP contribution < -0.4 is 0 Å². The fraction of sp³-hybridized carbons (Fsp3) is 0.455. The molecule has 0 saturated carbocycles. The average molecular weight is 419 g/mol. The van der Waals surface area contributed by atoms with Gasteiger partial charge in [0.1, 0.15) is 12.4 Å². The molecule has 1 aromatic heterocycles. The number of unbranched alkanes of at least 4 members (excludes halogenated alkanes) is 1. The fourth-order valence-electron chi connectivity index (χ4n) is 3.70. The fourth-order valence-corrected chi connectivity index (χ4v) is 4.60. The van der Waals surface area contributed by atoms with Gasteiger partial charge in [0, 0.05) is 25.1 Å². The Kier molecular flexibility index (Phi) is 7.39. The van der Waals surface area contributed by atoms with Crippen molar-refractivity contribution >= 4 is 23.2 Å². The number of fused-ring (bicyclic) bond motifs is 1. The van der Waals surface area contributed by atoms with Gasteiger partial charge in [-0.15, -0.1) is 11.3 Å². The molecule has 0 fully saturated rings. The van der Waals surface area contributed by atoms with Crippen molar-refractivity contribution in [2.45, 2.75) is 32.2 Å². The van der Waals surface area contributed by atoms with Gasteiger partial charge in [-0.1, -0.05) is 25.5 Å². The summed E-state index contributed by atoms with van der Waals surface area (Å²) in [6.07, 6.45) is 2.56. The molecular formula is C22H27FN2O3S. The highest BCUT2D eigenvalue weighted by Crippen LogP contribution is 2.37. The summed E-state index contributed by atoms with van der Waals surface area (Å²) in [4.78, 5) is 30.3. The third-order valence-corrected chi connectivity index (χ3v) is 6.20. The minimum atomic E-state index is -0.302. The molecule has 1 aromatic carbocycles. The second-order valence-electron chi connectivity index (χ2n) is 7.19. The van der Waals surface area contributed by atoms with E-state index in [1.807, 2.05) is 23.3 Å². The molecule has 0 radical (unpaired) electrons. The zero-order valence-corrected chi connectivity index (χ0v) is 17.7. The summed E-state index contributed by atoms with van der Waals surface area (Å²) in [6, 6.07) is 8.10. The molecular weight excluding hydrogens is 391 g/mol. The molecule has 1 aliphatic rings. The van der Waals surface area contributed by atoms with Gasteiger partial charge in [-0.25, -0.2) is 4.39 Å². The number of ether oxygens (including phenoxy) is 1. The van der Waals surface area contributed by atoms with Gasteiger partial charge in [0.2, 0.25) is 11.8 Å². The lowest BCUT2D eigenvalue weighted by Crippen LogP contribution is -2.47. The molecule has 1 aliphatic heterocycles. The SMILES string of the molecule is CCCCN(CC(=O)N1CCc2sccc2C1c1ccc(F)cc1)C(=O)COC. The molecule has 0 bridgehead atoms. The monoisotopic (exact) mass is 418 g/mol. The van der Waals surface area contributed by atoms with Crippen LogP contribution in [-0.4, -0.2) is 55.0 Å². The van der Waals surface area contributed by atoms with E-state index in [4.69, 9.17) is 4.74 Å².